The van der Waals surface area contributed by atoms with Crippen LogP contribution in [-0.4, -0.2) is 17.8 Å². The first kappa shape index (κ1) is 9.29. The van der Waals surface area contributed by atoms with E-state index in [2.05, 4.69) is 4.74 Å². The minimum atomic E-state index is -2.51. The van der Waals surface area contributed by atoms with Gasteiger partial charge in [-0.15, -0.1) is 0 Å². The summed E-state index contributed by atoms with van der Waals surface area (Å²) in [6, 6.07) is -1.93. The van der Waals surface area contributed by atoms with Crippen LogP contribution in [0.25, 0.3) is 0 Å². The Balaban J connectivity index is 3.79. The van der Waals surface area contributed by atoms with E-state index >= 15 is 0 Å². The van der Waals surface area contributed by atoms with Gasteiger partial charge in [0, 0.05) is 0 Å². The molecule has 0 saturated carbocycles. The van der Waals surface area contributed by atoms with Gasteiger partial charge in [-0.3, -0.25) is 0 Å². The molecule has 0 radical (unpaired) electrons. The van der Waals surface area contributed by atoms with Gasteiger partial charge < -0.3 is 9.84 Å². The van der Waals surface area contributed by atoms with Crippen LogP contribution >= 0.6 is 0 Å². The number of aliphatic hydroxyl groups excluding tert-OH is 1. The van der Waals surface area contributed by atoms with Crippen molar-refractivity contribution in [3.63, 3.8) is 0 Å². The van der Waals surface area contributed by atoms with Gasteiger partial charge >= 0.3 is 12.1 Å². The predicted molar refractivity (Wildman–Crippen MR) is 28.0 cm³/mol. The van der Waals surface area contributed by atoms with E-state index in [0.717, 1.165) is 0 Å². The molecule has 1 unspecified atom stereocenters. The fourth-order valence-corrected chi connectivity index (χ4v) is 0.258. The quantitative estimate of drug-likeness (QED) is 0.626. The number of ether oxygens (including phenoxy) is 1. The van der Waals surface area contributed by atoms with Crippen molar-refractivity contribution in [1.82, 2.24) is 0 Å². The van der Waals surface area contributed by atoms with E-state index in [1.165, 1.54) is 6.92 Å². The molecular weight excluding hydrogens is 149 g/mol. The van der Waals surface area contributed by atoms with E-state index < -0.39 is 24.8 Å². The highest BCUT2D eigenvalue weighted by Gasteiger charge is 2.09. The smallest absolute Gasteiger partial charge is 0.342 e. The molecule has 5 heteroatoms. The van der Waals surface area contributed by atoms with Crippen molar-refractivity contribution in [1.29, 1.82) is 0 Å². The van der Waals surface area contributed by atoms with Gasteiger partial charge in [-0.1, -0.05) is 0 Å². The Morgan fingerprint density at radius 3 is 2.30 bits per heavy atom. The summed E-state index contributed by atoms with van der Waals surface area (Å²) in [5.41, 5.74) is 0. The fourth-order valence-electron chi connectivity index (χ4n) is 0.258. The minimum absolute atomic E-state index is 0.499. The zero-order valence-corrected chi connectivity index (χ0v) is 5.27. The molecule has 0 fully saturated rings. The highest BCUT2D eigenvalue weighted by Crippen LogP contribution is 2.12. The first-order valence-electron chi connectivity index (χ1n) is 2.56. The monoisotopic (exact) mass is 156 g/mol. The Morgan fingerprint density at radius 1 is 1.50 bits per heavy atom. The summed E-state index contributed by atoms with van der Waals surface area (Å²) in [6.45, 7) is 0.767. The summed E-state index contributed by atoms with van der Waals surface area (Å²) < 4.78 is 38.1. The zero-order chi connectivity index (χ0) is 8.15. The van der Waals surface area contributed by atoms with Crippen LogP contribution < -0.4 is 0 Å². The third-order valence-electron chi connectivity index (χ3n) is 0.710. The second-order valence-electron chi connectivity index (χ2n) is 1.65. The average Bonchev–Trinajstić information content (AvgIpc) is 1.87. The van der Waals surface area contributed by atoms with Crippen molar-refractivity contribution >= 4 is 0 Å². The van der Waals surface area contributed by atoms with Crippen molar-refractivity contribution in [2.45, 2.75) is 13.0 Å². The third kappa shape index (κ3) is 3.34. The number of halogens is 3. The molecule has 60 valence electrons. The summed E-state index contributed by atoms with van der Waals surface area (Å²) in [7, 11) is 0. The first-order valence-corrected chi connectivity index (χ1v) is 2.56. The van der Waals surface area contributed by atoms with Crippen LogP contribution in [0, 0.1) is 0 Å². The molecule has 0 amide bonds. The maximum atomic E-state index is 11.8. The Bertz CT molecular complexity index is 131. The van der Waals surface area contributed by atoms with Crippen molar-refractivity contribution in [2.24, 2.45) is 0 Å². The maximum absolute atomic E-state index is 11.8. The summed E-state index contributed by atoms with van der Waals surface area (Å²) in [5, 5.41) is 8.21. The van der Waals surface area contributed by atoms with Crippen molar-refractivity contribution in [3.05, 3.63) is 12.1 Å². The molecule has 1 atom stereocenters. The van der Waals surface area contributed by atoms with Gasteiger partial charge in [0.2, 0.25) is 0 Å². The standard InChI is InChI=1S/C5H7F3O2/c1-3(2-9)10-5(8)4(6)7/h3,9H,2H2,1H3. The Hall–Kier alpha value is -0.710. The summed E-state index contributed by atoms with van der Waals surface area (Å²) >= 11 is 0. The molecular formula is C5H7F3O2. The van der Waals surface area contributed by atoms with Crippen LogP contribution in [0.2, 0.25) is 0 Å². The van der Waals surface area contributed by atoms with Crippen LogP contribution in [0.4, 0.5) is 13.2 Å². The molecule has 0 aliphatic heterocycles. The summed E-state index contributed by atoms with van der Waals surface area (Å²) in [4.78, 5) is 0. The molecule has 1 N–H and O–H groups in total. The molecule has 10 heavy (non-hydrogen) atoms. The van der Waals surface area contributed by atoms with Gasteiger partial charge in [0.1, 0.15) is 6.10 Å². The lowest BCUT2D eigenvalue weighted by molar-refractivity contribution is 0.0267. The normalized spacial score (nSPS) is 12.5. The second-order valence-corrected chi connectivity index (χ2v) is 1.65. The summed E-state index contributed by atoms with van der Waals surface area (Å²) in [6.07, 6.45) is -3.46. The lowest BCUT2D eigenvalue weighted by Gasteiger charge is -2.07. The molecule has 0 aliphatic rings. The van der Waals surface area contributed by atoms with Gasteiger partial charge in [0.05, 0.1) is 6.61 Å². The number of rotatable bonds is 3. The van der Waals surface area contributed by atoms with Crippen LogP contribution in [0.5, 0.6) is 0 Å². The van der Waals surface area contributed by atoms with Crippen LogP contribution in [0.1, 0.15) is 6.92 Å². The molecule has 0 bridgehead atoms. The first-order chi connectivity index (χ1) is 4.57. The second kappa shape index (κ2) is 4.16. The van der Waals surface area contributed by atoms with E-state index in [-0.39, 0.29) is 0 Å². The molecule has 0 spiro atoms. The number of aliphatic hydroxyl groups is 1. The van der Waals surface area contributed by atoms with Gasteiger partial charge in [-0.25, -0.2) is 0 Å². The minimum Gasteiger partial charge on any atom is -0.462 e. The molecule has 0 aromatic carbocycles. The molecule has 2 nitrogen and oxygen atoms in total. The highest BCUT2D eigenvalue weighted by atomic mass is 19.3. The van der Waals surface area contributed by atoms with Gasteiger partial charge in [-0.2, -0.15) is 13.2 Å². The van der Waals surface area contributed by atoms with Crippen LogP contribution in [0.15, 0.2) is 12.1 Å². The zero-order valence-electron chi connectivity index (χ0n) is 5.27. The lowest BCUT2D eigenvalue weighted by atomic mass is 10.4. The number of hydrogen-bond donors (Lipinski definition) is 1. The molecule has 0 rings (SSSR count). The van der Waals surface area contributed by atoms with Crippen LogP contribution in [-0.2, 0) is 4.74 Å². The molecule has 0 aromatic rings. The molecule has 0 heterocycles. The van der Waals surface area contributed by atoms with E-state index in [0.29, 0.717) is 0 Å². The van der Waals surface area contributed by atoms with E-state index in [1.807, 2.05) is 0 Å². The van der Waals surface area contributed by atoms with E-state index in [9.17, 15) is 13.2 Å². The van der Waals surface area contributed by atoms with Crippen LogP contribution in [0.3, 0.4) is 0 Å². The van der Waals surface area contributed by atoms with Gasteiger partial charge in [0.15, 0.2) is 0 Å². The third-order valence-corrected chi connectivity index (χ3v) is 0.710. The predicted octanol–water partition coefficient (Wildman–Crippen LogP) is 1.42. The lowest BCUT2D eigenvalue weighted by Crippen LogP contribution is -2.11. The number of hydrogen-bond acceptors (Lipinski definition) is 2. The Kier molecular flexibility index (Phi) is 3.87. The Morgan fingerprint density at radius 2 is 2.00 bits per heavy atom. The summed E-state index contributed by atoms with van der Waals surface area (Å²) in [5.74, 6) is 0. The van der Waals surface area contributed by atoms with Crippen molar-refractivity contribution in [2.75, 3.05) is 6.61 Å². The average molecular weight is 156 g/mol. The van der Waals surface area contributed by atoms with Gasteiger partial charge in [0.25, 0.3) is 0 Å². The SMILES string of the molecule is CC(CO)OC(F)=C(F)F. The molecule has 0 saturated heterocycles. The highest BCUT2D eigenvalue weighted by molar-refractivity contribution is 4.81. The van der Waals surface area contributed by atoms with Crippen molar-refractivity contribution < 1.29 is 23.0 Å². The largest absolute Gasteiger partial charge is 0.462 e. The van der Waals surface area contributed by atoms with Gasteiger partial charge in [-0.05, 0) is 6.92 Å². The maximum Gasteiger partial charge on any atom is 0.342 e. The Labute approximate surface area is 55.9 Å². The van der Waals surface area contributed by atoms with E-state index in [4.69, 9.17) is 5.11 Å². The molecule has 0 aromatic heterocycles. The fraction of sp³-hybridized carbons (Fsp3) is 0.600. The topological polar surface area (TPSA) is 29.5 Å². The molecule has 0 aliphatic carbocycles. The van der Waals surface area contributed by atoms with Crippen molar-refractivity contribution in [3.8, 4) is 0 Å². The van der Waals surface area contributed by atoms with E-state index in [1.54, 1.807) is 0 Å².